The van der Waals surface area contributed by atoms with Crippen molar-refractivity contribution in [2.24, 2.45) is 13.0 Å². The van der Waals surface area contributed by atoms with E-state index in [1.54, 1.807) is 25.6 Å². The van der Waals surface area contributed by atoms with Gasteiger partial charge < -0.3 is 14.2 Å². The first-order valence-corrected chi connectivity index (χ1v) is 12.1. The van der Waals surface area contributed by atoms with Gasteiger partial charge in [0.2, 0.25) is 5.91 Å². The number of ether oxygens (including phenoxy) is 1. The van der Waals surface area contributed by atoms with Crippen molar-refractivity contribution in [2.45, 2.75) is 44.7 Å². The van der Waals surface area contributed by atoms with Gasteiger partial charge in [-0.05, 0) is 51.3 Å². The van der Waals surface area contributed by atoms with E-state index in [9.17, 15) is 13.2 Å². The van der Waals surface area contributed by atoms with E-state index in [1.807, 2.05) is 43.0 Å². The average molecular weight is 449 g/mol. The first kappa shape index (κ1) is 23.3. The smallest absolute Gasteiger partial charge is 0.262 e. The Morgan fingerprint density at radius 1 is 1.32 bits per heavy atom. The molecule has 1 saturated heterocycles. The van der Waals surface area contributed by atoms with E-state index >= 15 is 0 Å². The SMILES string of the molecule is CCN(C(=O)C1CCN(S(=O)(=O)c2cn(C)c(C)n2)CC1)C(C)c1cccc(OC)c1. The zero-order valence-electron chi connectivity index (χ0n) is 18.9. The van der Waals surface area contributed by atoms with Crippen molar-refractivity contribution in [2.75, 3.05) is 26.7 Å². The van der Waals surface area contributed by atoms with Crippen LogP contribution in [0.4, 0.5) is 0 Å². The molecule has 170 valence electrons. The summed E-state index contributed by atoms with van der Waals surface area (Å²) in [6.45, 7) is 6.98. The van der Waals surface area contributed by atoms with Crippen molar-refractivity contribution in [3.8, 4) is 5.75 Å². The van der Waals surface area contributed by atoms with Crippen LogP contribution in [-0.4, -0.2) is 59.8 Å². The minimum absolute atomic E-state index is 0.0686. The summed E-state index contributed by atoms with van der Waals surface area (Å²) in [5.74, 6) is 1.29. The summed E-state index contributed by atoms with van der Waals surface area (Å²) >= 11 is 0. The Bertz CT molecular complexity index is 1010. The number of rotatable bonds is 7. The number of nitrogens with zero attached hydrogens (tertiary/aromatic N) is 4. The standard InChI is InChI=1S/C22H32N4O4S/c1-6-26(16(2)19-8-7-9-20(14-19)30-5)22(27)18-10-12-25(13-11-18)31(28,29)21-15-24(4)17(3)23-21/h7-9,14-16,18H,6,10-13H2,1-5H3. The van der Waals surface area contributed by atoms with Gasteiger partial charge in [0.1, 0.15) is 11.6 Å². The van der Waals surface area contributed by atoms with E-state index in [4.69, 9.17) is 4.74 Å². The lowest BCUT2D eigenvalue weighted by Crippen LogP contribution is -2.45. The van der Waals surface area contributed by atoms with Gasteiger partial charge in [0.15, 0.2) is 5.03 Å². The molecule has 0 aliphatic carbocycles. The Morgan fingerprint density at radius 3 is 2.55 bits per heavy atom. The number of aromatic nitrogens is 2. The molecule has 0 spiro atoms. The number of carbonyl (C=O) groups excluding carboxylic acids is 1. The van der Waals surface area contributed by atoms with Crippen molar-refractivity contribution in [3.63, 3.8) is 0 Å². The predicted octanol–water partition coefficient (Wildman–Crippen LogP) is 2.75. The van der Waals surface area contributed by atoms with Crippen LogP contribution in [0.15, 0.2) is 35.5 Å². The number of aryl methyl sites for hydroxylation is 2. The molecule has 1 aromatic carbocycles. The molecule has 2 aromatic rings. The minimum Gasteiger partial charge on any atom is -0.497 e. The third kappa shape index (κ3) is 4.77. The number of hydrogen-bond donors (Lipinski definition) is 0. The lowest BCUT2D eigenvalue weighted by Gasteiger charge is -2.35. The van der Waals surface area contributed by atoms with Crippen molar-refractivity contribution >= 4 is 15.9 Å². The van der Waals surface area contributed by atoms with Crippen molar-refractivity contribution in [1.82, 2.24) is 18.8 Å². The average Bonchev–Trinajstić information content (AvgIpc) is 3.13. The molecule has 1 amide bonds. The van der Waals surface area contributed by atoms with Crippen LogP contribution in [0.2, 0.25) is 0 Å². The van der Waals surface area contributed by atoms with Crippen LogP contribution in [0.1, 0.15) is 44.1 Å². The Balaban J connectivity index is 1.68. The summed E-state index contributed by atoms with van der Waals surface area (Å²) in [5.41, 5.74) is 1.01. The molecule has 1 fully saturated rings. The zero-order chi connectivity index (χ0) is 22.8. The monoisotopic (exact) mass is 448 g/mol. The number of carbonyl (C=O) groups is 1. The van der Waals surface area contributed by atoms with Gasteiger partial charge in [-0.2, -0.15) is 4.31 Å². The molecule has 31 heavy (non-hydrogen) atoms. The second-order valence-corrected chi connectivity index (χ2v) is 9.88. The fourth-order valence-electron chi connectivity index (χ4n) is 4.06. The Kier molecular flexibility index (Phi) is 7.06. The van der Waals surface area contributed by atoms with E-state index in [0.29, 0.717) is 38.3 Å². The second kappa shape index (κ2) is 9.40. The maximum absolute atomic E-state index is 13.3. The molecule has 9 heteroatoms. The molecule has 0 N–H and O–H groups in total. The molecule has 8 nitrogen and oxygen atoms in total. The van der Waals surface area contributed by atoms with Crippen molar-refractivity contribution in [3.05, 3.63) is 41.9 Å². The van der Waals surface area contributed by atoms with Crippen LogP contribution < -0.4 is 4.74 Å². The summed E-state index contributed by atoms with van der Waals surface area (Å²) in [4.78, 5) is 19.3. The molecule has 2 heterocycles. The molecular weight excluding hydrogens is 416 g/mol. The minimum atomic E-state index is -3.64. The fraction of sp³-hybridized carbons (Fsp3) is 0.545. The molecule has 0 saturated carbocycles. The Hall–Kier alpha value is -2.39. The number of piperidine rings is 1. The van der Waals surface area contributed by atoms with Gasteiger partial charge in [-0.3, -0.25) is 4.79 Å². The summed E-state index contributed by atoms with van der Waals surface area (Å²) in [5, 5.41) is 0.0686. The number of hydrogen-bond acceptors (Lipinski definition) is 5. The van der Waals surface area contributed by atoms with Crippen molar-refractivity contribution in [1.29, 1.82) is 0 Å². The topological polar surface area (TPSA) is 84.7 Å². The highest BCUT2D eigenvalue weighted by atomic mass is 32.2. The van der Waals surface area contributed by atoms with Gasteiger partial charge in [-0.1, -0.05) is 12.1 Å². The van der Waals surface area contributed by atoms with Gasteiger partial charge in [0.05, 0.1) is 13.2 Å². The van der Waals surface area contributed by atoms with E-state index in [0.717, 1.165) is 11.3 Å². The molecule has 1 unspecified atom stereocenters. The summed E-state index contributed by atoms with van der Waals surface area (Å²) < 4.78 is 34.3. The summed E-state index contributed by atoms with van der Waals surface area (Å²) in [6, 6.07) is 7.66. The highest BCUT2D eigenvalue weighted by Gasteiger charge is 2.35. The summed E-state index contributed by atoms with van der Waals surface area (Å²) in [7, 11) is -0.245. The zero-order valence-corrected chi connectivity index (χ0v) is 19.7. The quantitative estimate of drug-likeness (QED) is 0.650. The van der Waals surface area contributed by atoms with Gasteiger partial charge in [0.25, 0.3) is 10.0 Å². The molecule has 1 aromatic heterocycles. The third-order valence-electron chi connectivity index (χ3n) is 6.16. The van der Waals surface area contributed by atoms with E-state index < -0.39 is 10.0 Å². The third-order valence-corrected chi connectivity index (χ3v) is 7.93. The van der Waals surface area contributed by atoms with Crippen LogP contribution in [0.5, 0.6) is 5.75 Å². The molecule has 1 atom stereocenters. The van der Waals surface area contributed by atoms with Crippen LogP contribution >= 0.6 is 0 Å². The highest BCUT2D eigenvalue weighted by molar-refractivity contribution is 7.89. The number of imidazole rings is 1. The molecule has 3 rings (SSSR count). The van der Waals surface area contributed by atoms with Crippen LogP contribution in [0.25, 0.3) is 0 Å². The molecule has 0 bridgehead atoms. The largest absolute Gasteiger partial charge is 0.497 e. The lowest BCUT2D eigenvalue weighted by molar-refractivity contribution is -0.138. The van der Waals surface area contributed by atoms with E-state index in [1.165, 1.54) is 10.5 Å². The van der Waals surface area contributed by atoms with E-state index in [2.05, 4.69) is 4.98 Å². The van der Waals surface area contributed by atoms with Crippen LogP contribution in [0.3, 0.4) is 0 Å². The maximum Gasteiger partial charge on any atom is 0.262 e. The van der Waals surface area contributed by atoms with Gasteiger partial charge in [-0.15, -0.1) is 0 Å². The Morgan fingerprint density at radius 2 is 2.00 bits per heavy atom. The lowest BCUT2D eigenvalue weighted by atomic mass is 9.95. The van der Waals surface area contributed by atoms with Crippen molar-refractivity contribution < 1.29 is 17.9 Å². The van der Waals surface area contributed by atoms with Crippen LogP contribution in [0, 0.1) is 12.8 Å². The second-order valence-electron chi connectivity index (χ2n) is 7.99. The normalized spacial score (nSPS) is 16.8. The number of amides is 1. The van der Waals surface area contributed by atoms with Gasteiger partial charge >= 0.3 is 0 Å². The van der Waals surface area contributed by atoms with Gasteiger partial charge in [-0.25, -0.2) is 13.4 Å². The maximum atomic E-state index is 13.3. The first-order valence-electron chi connectivity index (χ1n) is 10.6. The number of sulfonamides is 1. The number of benzene rings is 1. The van der Waals surface area contributed by atoms with Gasteiger partial charge in [0, 0.05) is 38.8 Å². The highest BCUT2D eigenvalue weighted by Crippen LogP contribution is 2.29. The predicted molar refractivity (Wildman–Crippen MR) is 118 cm³/mol. The molecular formula is C22H32N4O4S. The Labute approximate surface area is 184 Å². The molecule has 0 radical (unpaired) electrons. The summed E-state index contributed by atoms with van der Waals surface area (Å²) in [6.07, 6.45) is 2.55. The number of methoxy groups -OCH3 is 1. The fourth-order valence-corrected chi connectivity index (χ4v) is 5.56. The molecule has 1 aliphatic rings. The van der Waals surface area contributed by atoms with E-state index in [-0.39, 0.29) is 22.9 Å². The first-order chi connectivity index (χ1) is 14.7. The van der Waals surface area contributed by atoms with Crippen LogP contribution in [-0.2, 0) is 21.9 Å². The molecule has 1 aliphatic heterocycles.